The molecule has 106 valence electrons. The Kier molecular flexibility index (Phi) is 4.36. The van der Waals surface area contributed by atoms with Gasteiger partial charge in [-0.1, -0.05) is 6.42 Å². The zero-order valence-corrected chi connectivity index (χ0v) is 11.5. The zero-order valence-electron chi connectivity index (χ0n) is 11.5. The van der Waals surface area contributed by atoms with Gasteiger partial charge in [0.05, 0.1) is 4.92 Å². The van der Waals surface area contributed by atoms with E-state index in [4.69, 9.17) is 0 Å². The third kappa shape index (κ3) is 3.04. The summed E-state index contributed by atoms with van der Waals surface area (Å²) in [6.07, 6.45) is 3.54. The molecular weight excluding hydrogens is 246 g/mol. The molecule has 0 spiro atoms. The number of anilines is 1. The maximum Gasteiger partial charge on any atom is 0.333 e. The summed E-state index contributed by atoms with van der Waals surface area (Å²) in [5, 5.41) is 21.9. The van der Waals surface area contributed by atoms with Crippen molar-refractivity contribution < 1.29 is 4.92 Å². The first-order chi connectivity index (χ1) is 9.13. The SMILES string of the molecule is CCn1nc(C)c([N+](=O)[O-])c1NC[C@@H]1CCCCN1. The Morgan fingerprint density at radius 3 is 2.95 bits per heavy atom. The number of aromatic nitrogens is 2. The highest BCUT2D eigenvalue weighted by atomic mass is 16.6. The van der Waals surface area contributed by atoms with Gasteiger partial charge < -0.3 is 10.6 Å². The van der Waals surface area contributed by atoms with Gasteiger partial charge in [0.15, 0.2) is 0 Å². The van der Waals surface area contributed by atoms with Crippen LogP contribution in [0.4, 0.5) is 11.5 Å². The smallest absolute Gasteiger partial charge is 0.333 e. The number of hydrogen-bond acceptors (Lipinski definition) is 5. The van der Waals surface area contributed by atoms with Crippen molar-refractivity contribution in [3.63, 3.8) is 0 Å². The Labute approximate surface area is 112 Å². The van der Waals surface area contributed by atoms with E-state index in [1.54, 1.807) is 11.6 Å². The molecule has 1 aliphatic heterocycles. The number of nitro groups is 1. The van der Waals surface area contributed by atoms with E-state index in [9.17, 15) is 10.1 Å². The molecule has 0 aromatic carbocycles. The van der Waals surface area contributed by atoms with Crippen LogP contribution < -0.4 is 10.6 Å². The predicted molar refractivity (Wildman–Crippen MR) is 73.4 cm³/mol. The first-order valence-electron chi connectivity index (χ1n) is 6.82. The lowest BCUT2D eigenvalue weighted by Gasteiger charge is -2.23. The summed E-state index contributed by atoms with van der Waals surface area (Å²) in [7, 11) is 0. The highest BCUT2D eigenvalue weighted by Gasteiger charge is 2.25. The maximum absolute atomic E-state index is 11.1. The van der Waals surface area contributed by atoms with Crippen LogP contribution in [0.15, 0.2) is 0 Å². The summed E-state index contributed by atoms with van der Waals surface area (Å²) >= 11 is 0. The molecule has 0 radical (unpaired) electrons. The van der Waals surface area contributed by atoms with E-state index in [-0.39, 0.29) is 10.6 Å². The molecule has 7 heteroatoms. The Balaban J connectivity index is 2.11. The first-order valence-corrected chi connectivity index (χ1v) is 6.82. The highest BCUT2D eigenvalue weighted by Crippen LogP contribution is 2.28. The molecule has 0 unspecified atom stereocenters. The zero-order chi connectivity index (χ0) is 13.8. The second-order valence-electron chi connectivity index (χ2n) is 4.88. The van der Waals surface area contributed by atoms with Crippen LogP contribution in [0, 0.1) is 17.0 Å². The van der Waals surface area contributed by atoms with E-state index >= 15 is 0 Å². The van der Waals surface area contributed by atoms with E-state index in [0.717, 1.165) is 13.0 Å². The fourth-order valence-electron chi connectivity index (χ4n) is 2.51. The van der Waals surface area contributed by atoms with Crippen LogP contribution in [-0.4, -0.2) is 33.8 Å². The van der Waals surface area contributed by atoms with E-state index in [2.05, 4.69) is 15.7 Å². The van der Waals surface area contributed by atoms with Crippen LogP contribution in [0.1, 0.15) is 31.9 Å². The molecule has 0 saturated carbocycles. The normalized spacial score (nSPS) is 19.4. The molecular formula is C12H21N5O2. The quantitative estimate of drug-likeness (QED) is 0.626. The summed E-state index contributed by atoms with van der Waals surface area (Å²) in [4.78, 5) is 10.8. The van der Waals surface area contributed by atoms with Gasteiger partial charge in [0.25, 0.3) is 0 Å². The third-order valence-electron chi connectivity index (χ3n) is 3.51. The fourth-order valence-corrected chi connectivity index (χ4v) is 2.51. The second kappa shape index (κ2) is 6.01. The Bertz CT molecular complexity index is 451. The minimum atomic E-state index is -0.356. The van der Waals surface area contributed by atoms with Gasteiger partial charge in [-0.2, -0.15) is 5.10 Å². The van der Waals surface area contributed by atoms with E-state index in [1.165, 1.54) is 12.8 Å². The van der Waals surface area contributed by atoms with Crippen LogP contribution in [0.25, 0.3) is 0 Å². The van der Waals surface area contributed by atoms with Gasteiger partial charge in [-0.25, -0.2) is 4.68 Å². The number of nitrogens with zero attached hydrogens (tertiary/aromatic N) is 3. The second-order valence-corrected chi connectivity index (χ2v) is 4.88. The van der Waals surface area contributed by atoms with Crippen LogP contribution in [0.2, 0.25) is 0 Å². The molecule has 1 aromatic heterocycles. The summed E-state index contributed by atoms with van der Waals surface area (Å²) < 4.78 is 1.66. The molecule has 2 N–H and O–H groups in total. The van der Waals surface area contributed by atoms with Gasteiger partial charge in [-0.3, -0.25) is 10.1 Å². The highest BCUT2D eigenvalue weighted by molar-refractivity contribution is 5.59. The Morgan fingerprint density at radius 1 is 1.58 bits per heavy atom. The van der Waals surface area contributed by atoms with Crippen LogP contribution >= 0.6 is 0 Å². The van der Waals surface area contributed by atoms with Crippen molar-refractivity contribution in [3.05, 3.63) is 15.8 Å². The molecule has 1 aromatic rings. The van der Waals surface area contributed by atoms with Crippen molar-refractivity contribution in [1.29, 1.82) is 0 Å². The summed E-state index contributed by atoms with van der Waals surface area (Å²) in [5.74, 6) is 0.525. The molecule has 0 amide bonds. The molecule has 1 atom stereocenters. The summed E-state index contributed by atoms with van der Waals surface area (Å²) in [6, 6.07) is 0.383. The molecule has 0 aliphatic carbocycles. The minimum Gasteiger partial charge on any atom is -0.363 e. The van der Waals surface area contributed by atoms with Crippen LogP contribution in [0.3, 0.4) is 0 Å². The minimum absolute atomic E-state index is 0.0951. The van der Waals surface area contributed by atoms with Crippen LogP contribution in [-0.2, 0) is 6.54 Å². The number of hydrogen-bond donors (Lipinski definition) is 2. The topological polar surface area (TPSA) is 85.0 Å². The molecule has 1 saturated heterocycles. The van der Waals surface area contributed by atoms with Crippen molar-refractivity contribution in [2.24, 2.45) is 0 Å². The van der Waals surface area contributed by atoms with Crippen molar-refractivity contribution in [2.75, 3.05) is 18.4 Å². The standard InChI is InChI=1S/C12H21N5O2/c1-3-16-12(11(17(18)19)9(2)15-16)14-8-10-6-4-5-7-13-10/h10,13-14H,3-8H2,1-2H3/t10-/m0/s1. The van der Waals surface area contributed by atoms with E-state index in [1.807, 2.05) is 6.92 Å². The molecule has 1 fully saturated rings. The van der Waals surface area contributed by atoms with Crippen molar-refractivity contribution >= 4 is 11.5 Å². The van der Waals surface area contributed by atoms with Crippen molar-refractivity contribution in [3.8, 4) is 0 Å². The number of rotatable bonds is 5. The summed E-state index contributed by atoms with van der Waals surface area (Å²) in [5.41, 5.74) is 0.559. The van der Waals surface area contributed by atoms with Crippen LogP contribution in [0.5, 0.6) is 0 Å². The average Bonchev–Trinajstić information content (AvgIpc) is 2.73. The molecule has 19 heavy (non-hydrogen) atoms. The van der Waals surface area contributed by atoms with Gasteiger partial charge in [0.2, 0.25) is 5.82 Å². The lowest BCUT2D eigenvalue weighted by molar-refractivity contribution is -0.384. The number of aryl methyl sites for hydroxylation is 2. The van der Waals surface area contributed by atoms with Gasteiger partial charge in [-0.05, 0) is 33.2 Å². The molecule has 2 heterocycles. The van der Waals surface area contributed by atoms with Gasteiger partial charge in [-0.15, -0.1) is 0 Å². The molecule has 0 bridgehead atoms. The summed E-state index contributed by atoms with van der Waals surface area (Å²) in [6.45, 7) is 5.95. The largest absolute Gasteiger partial charge is 0.363 e. The Morgan fingerprint density at radius 2 is 2.37 bits per heavy atom. The fraction of sp³-hybridized carbons (Fsp3) is 0.750. The predicted octanol–water partition coefficient (Wildman–Crippen LogP) is 1.67. The monoisotopic (exact) mass is 267 g/mol. The number of nitrogens with one attached hydrogen (secondary N) is 2. The molecule has 1 aliphatic rings. The third-order valence-corrected chi connectivity index (χ3v) is 3.51. The number of piperidine rings is 1. The molecule has 2 rings (SSSR count). The molecule has 7 nitrogen and oxygen atoms in total. The van der Waals surface area contributed by atoms with Crippen molar-refractivity contribution in [2.45, 2.75) is 45.7 Å². The van der Waals surface area contributed by atoms with Crippen molar-refractivity contribution in [1.82, 2.24) is 15.1 Å². The van der Waals surface area contributed by atoms with E-state index < -0.39 is 0 Å². The first kappa shape index (κ1) is 13.8. The van der Waals surface area contributed by atoms with E-state index in [0.29, 0.717) is 30.6 Å². The average molecular weight is 267 g/mol. The maximum atomic E-state index is 11.1. The Hall–Kier alpha value is -1.63. The van der Waals surface area contributed by atoms with Gasteiger partial charge in [0.1, 0.15) is 5.69 Å². The lowest BCUT2D eigenvalue weighted by Crippen LogP contribution is -2.39. The van der Waals surface area contributed by atoms with Gasteiger partial charge in [0, 0.05) is 19.1 Å². The van der Waals surface area contributed by atoms with Gasteiger partial charge >= 0.3 is 5.69 Å². The lowest BCUT2D eigenvalue weighted by atomic mass is 10.1.